The zero-order valence-electron chi connectivity index (χ0n) is 9.75. The van der Waals surface area contributed by atoms with Crippen LogP contribution in [0.15, 0.2) is 0 Å². The molecular formula is C12H21O3. The molecule has 0 saturated heterocycles. The average Bonchev–Trinajstić information content (AvgIpc) is 2.17. The van der Waals surface area contributed by atoms with E-state index in [9.17, 15) is 9.59 Å². The van der Waals surface area contributed by atoms with Crippen LogP contribution in [-0.4, -0.2) is 18.4 Å². The van der Waals surface area contributed by atoms with E-state index in [1.807, 2.05) is 0 Å². The van der Waals surface area contributed by atoms with Gasteiger partial charge in [0.2, 0.25) is 0 Å². The minimum Gasteiger partial charge on any atom is -0.466 e. The topological polar surface area (TPSA) is 43.4 Å². The van der Waals surface area contributed by atoms with Crippen LogP contribution < -0.4 is 0 Å². The second kappa shape index (κ2) is 9.69. The maximum absolute atomic E-state index is 11.1. The van der Waals surface area contributed by atoms with E-state index in [2.05, 4.69) is 6.92 Å². The van der Waals surface area contributed by atoms with Gasteiger partial charge >= 0.3 is 5.97 Å². The van der Waals surface area contributed by atoms with E-state index in [0.717, 1.165) is 32.1 Å². The first-order valence-electron chi connectivity index (χ1n) is 5.66. The number of Topliss-reactive ketones (excluding diaryl/α,β-unsaturated/α-hetero) is 1. The van der Waals surface area contributed by atoms with Crippen LogP contribution >= 0.6 is 0 Å². The van der Waals surface area contributed by atoms with Crippen molar-refractivity contribution in [2.75, 3.05) is 6.61 Å². The van der Waals surface area contributed by atoms with Crippen LogP contribution in [0.2, 0.25) is 0 Å². The van der Waals surface area contributed by atoms with Crippen molar-refractivity contribution in [1.29, 1.82) is 0 Å². The molecule has 0 aliphatic carbocycles. The van der Waals surface area contributed by atoms with Gasteiger partial charge < -0.3 is 4.74 Å². The van der Waals surface area contributed by atoms with Crippen molar-refractivity contribution in [2.24, 2.45) is 0 Å². The summed E-state index contributed by atoms with van der Waals surface area (Å²) in [4.78, 5) is 21.7. The zero-order valence-corrected chi connectivity index (χ0v) is 9.75. The highest BCUT2D eigenvalue weighted by molar-refractivity contribution is 5.84. The quantitative estimate of drug-likeness (QED) is 0.437. The van der Waals surface area contributed by atoms with E-state index in [0.29, 0.717) is 13.0 Å². The zero-order chi connectivity index (χ0) is 11.5. The third-order valence-electron chi connectivity index (χ3n) is 2.03. The van der Waals surface area contributed by atoms with E-state index in [1.54, 1.807) is 13.3 Å². The van der Waals surface area contributed by atoms with E-state index >= 15 is 0 Å². The molecular weight excluding hydrogens is 192 g/mol. The number of hydrogen-bond acceptors (Lipinski definition) is 3. The summed E-state index contributed by atoms with van der Waals surface area (Å²) in [6, 6.07) is 0. The smallest absolute Gasteiger partial charge is 0.305 e. The SMILES string of the molecule is CCCCOC(=O)CCCC[CH]C(C)=O. The van der Waals surface area contributed by atoms with Crippen LogP contribution in [0, 0.1) is 6.42 Å². The van der Waals surface area contributed by atoms with Crippen LogP contribution in [0.25, 0.3) is 0 Å². The Labute approximate surface area is 92.2 Å². The standard InChI is InChI=1S/C12H21O3/c1-3-4-10-15-12(14)9-7-5-6-8-11(2)13/h8H,3-7,9-10H2,1-2H3. The lowest BCUT2D eigenvalue weighted by Gasteiger charge is -2.03. The van der Waals surface area contributed by atoms with Crippen LogP contribution in [0.1, 0.15) is 52.4 Å². The lowest BCUT2D eigenvalue weighted by molar-refractivity contribution is -0.143. The molecule has 0 bridgehead atoms. The van der Waals surface area contributed by atoms with Crippen LogP contribution in [0.5, 0.6) is 0 Å². The first kappa shape index (κ1) is 14.1. The first-order chi connectivity index (χ1) is 7.16. The Morgan fingerprint density at radius 3 is 2.53 bits per heavy atom. The fraction of sp³-hybridized carbons (Fsp3) is 0.750. The molecule has 0 atom stereocenters. The molecule has 0 aromatic rings. The van der Waals surface area contributed by atoms with Crippen molar-refractivity contribution < 1.29 is 14.3 Å². The molecule has 0 spiro atoms. The summed E-state index contributed by atoms with van der Waals surface area (Å²) in [5.74, 6) is -0.0215. The van der Waals surface area contributed by atoms with E-state index in [4.69, 9.17) is 4.74 Å². The summed E-state index contributed by atoms with van der Waals surface area (Å²) < 4.78 is 4.99. The molecule has 0 saturated carbocycles. The molecule has 87 valence electrons. The van der Waals surface area contributed by atoms with Gasteiger partial charge in [0.15, 0.2) is 0 Å². The lowest BCUT2D eigenvalue weighted by Crippen LogP contribution is -2.05. The molecule has 0 aliphatic heterocycles. The molecule has 0 aromatic carbocycles. The highest BCUT2D eigenvalue weighted by Crippen LogP contribution is 2.04. The van der Waals surface area contributed by atoms with Crippen molar-refractivity contribution in [3.63, 3.8) is 0 Å². The van der Waals surface area contributed by atoms with Crippen molar-refractivity contribution >= 4 is 11.8 Å². The van der Waals surface area contributed by atoms with E-state index in [-0.39, 0.29) is 11.8 Å². The van der Waals surface area contributed by atoms with Gasteiger partial charge in [0.25, 0.3) is 0 Å². The number of esters is 1. The van der Waals surface area contributed by atoms with Crippen molar-refractivity contribution in [3.8, 4) is 0 Å². The summed E-state index contributed by atoms with van der Waals surface area (Å²) in [5, 5.41) is 0. The normalized spacial score (nSPS) is 10.0. The average molecular weight is 213 g/mol. The molecule has 15 heavy (non-hydrogen) atoms. The Morgan fingerprint density at radius 2 is 1.93 bits per heavy atom. The molecule has 0 aliphatic rings. The molecule has 1 radical (unpaired) electrons. The van der Waals surface area contributed by atoms with Gasteiger partial charge in [-0.25, -0.2) is 0 Å². The van der Waals surface area contributed by atoms with Gasteiger partial charge in [-0.2, -0.15) is 0 Å². The van der Waals surface area contributed by atoms with Crippen LogP contribution in [0.4, 0.5) is 0 Å². The molecule has 0 unspecified atom stereocenters. The fourth-order valence-electron chi connectivity index (χ4n) is 1.12. The van der Waals surface area contributed by atoms with Crippen molar-refractivity contribution in [3.05, 3.63) is 6.42 Å². The molecule has 3 heteroatoms. The fourth-order valence-corrected chi connectivity index (χ4v) is 1.12. The molecule has 3 nitrogen and oxygen atoms in total. The molecule has 0 heterocycles. The number of hydrogen-bond donors (Lipinski definition) is 0. The van der Waals surface area contributed by atoms with Gasteiger partial charge in [0.05, 0.1) is 6.61 Å². The number of carbonyl (C=O) groups excluding carboxylic acids is 2. The molecule has 0 fully saturated rings. The minimum atomic E-state index is -0.119. The highest BCUT2D eigenvalue weighted by atomic mass is 16.5. The number of carbonyl (C=O) groups is 2. The molecule has 0 aromatic heterocycles. The summed E-state index contributed by atoms with van der Waals surface area (Å²) in [7, 11) is 0. The second-order valence-corrected chi connectivity index (χ2v) is 3.63. The lowest BCUT2D eigenvalue weighted by atomic mass is 10.1. The Balaban J connectivity index is 3.20. The van der Waals surface area contributed by atoms with Gasteiger partial charge in [-0.05, 0) is 26.2 Å². The van der Waals surface area contributed by atoms with Gasteiger partial charge in [0, 0.05) is 12.8 Å². The monoisotopic (exact) mass is 213 g/mol. The summed E-state index contributed by atoms with van der Waals surface area (Å²) in [6.45, 7) is 4.14. The summed E-state index contributed by atoms with van der Waals surface area (Å²) in [5.41, 5.74) is 0. The molecule has 0 N–H and O–H groups in total. The summed E-state index contributed by atoms with van der Waals surface area (Å²) >= 11 is 0. The third kappa shape index (κ3) is 11.1. The predicted molar refractivity (Wildman–Crippen MR) is 59.3 cm³/mol. The second-order valence-electron chi connectivity index (χ2n) is 3.63. The first-order valence-corrected chi connectivity index (χ1v) is 5.66. The number of ketones is 1. The van der Waals surface area contributed by atoms with E-state index < -0.39 is 0 Å². The molecule has 0 amide bonds. The Hall–Kier alpha value is -0.860. The minimum absolute atomic E-state index is 0.0977. The number of unbranched alkanes of at least 4 members (excludes halogenated alkanes) is 3. The van der Waals surface area contributed by atoms with Crippen molar-refractivity contribution in [1.82, 2.24) is 0 Å². The summed E-state index contributed by atoms with van der Waals surface area (Å²) in [6.07, 6.45) is 6.54. The largest absolute Gasteiger partial charge is 0.466 e. The van der Waals surface area contributed by atoms with Gasteiger partial charge in [-0.15, -0.1) is 0 Å². The molecule has 0 rings (SSSR count). The van der Waals surface area contributed by atoms with Crippen LogP contribution in [-0.2, 0) is 14.3 Å². The Kier molecular flexibility index (Phi) is 9.13. The number of ether oxygens (including phenoxy) is 1. The number of rotatable bonds is 9. The van der Waals surface area contributed by atoms with E-state index in [1.165, 1.54) is 0 Å². The maximum atomic E-state index is 11.1. The van der Waals surface area contributed by atoms with Gasteiger partial charge in [0.1, 0.15) is 5.78 Å². The Bertz CT molecular complexity index is 187. The highest BCUT2D eigenvalue weighted by Gasteiger charge is 2.02. The van der Waals surface area contributed by atoms with Crippen molar-refractivity contribution in [2.45, 2.75) is 52.4 Å². The predicted octanol–water partition coefficient (Wildman–Crippen LogP) is 2.68. The Morgan fingerprint density at radius 1 is 1.20 bits per heavy atom. The maximum Gasteiger partial charge on any atom is 0.305 e. The van der Waals surface area contributed by atoms with Gasteiger partial charge in [-0.1, -0.05) is 19.8 Å². The van der Waals surface area contributed by atoms with Crippen LogP contribution in [0.3, 0.4) is 0 Å². The van der Waals surface area contributed by atoms with Gasteiger partial charge in [-0.3, -0.25) is 9.59 Å². The third-order valence-corrected chi connectivity index (χ3v) is 2.03.